The zero-order valence-corrected chi connectivity index (χ0v) is 8.67. The number of hydrogen-bond acceptors (Lipinski definition) is 4. The van der Waals surface area contributed by atoms with Gasteiger partial charge in [-0.2, -0.15) is 0 Å². The smallest absolute Gasteiger partial charge is 0.134 e. The Morgan fingerprint density at radius 1 is 1.36 bits per heavy atom. The molecule has 0 aliphatic heterocycles. The van der Waals surface area contributed by atoms with Gasteiger partial charge in [0.1, 0.15) is 18.0 Å². The molecule has 1 aromatic rings. The normalized spacial score (nSPS) is 15.3. The van der Waals surface area contributed by atoms with Crippen LogP contribution in [-0.2, 0) is 0 Å². The maximum Gasteiger partial charge on any atom is 0.134 e. The average Bonchev–Trinajstić information content (AvgIpc) is 2.96. The Kier molecular flexibility index (Phi) is 2.52. The number of aromatic nitrogens is 2. The molecular formula is C10H16N4. The molecule has 0 spiro atoms. The predicted molar refractivity (Wildman–Crippen MR) is 57.6 cm³/mol. The summed E-state index contributed by atoms with van der Waals surface area (Å²) in [5.74, 6) is 1.91. The molecule has 0 bridgehead atoms. The van der Waals surface area contributed by atoms with Gasteiger partial charge in [0, 0.05) is 18.2 Å². The molecule has 1 aromatic heterocycles. The van der Waals surface area contributed by atoms with Crippen molar-refractivity contribution in [2.45, 2.75) is 32.7 Å². The molecule has 1 aliphatic carbocycles. The monoisotopic (exact) mass is 192 g/mol. The molecule has 0 saturated heterocycles. The first kappa shape index (κ1) is 9.24. The molecule has 4 nitrogen and oxygen atoms in total. The highest BCUT2D eigenvalue weighted by molar-refractivity contribution is 5.57. The molecule has 1 heterocycles. The van der Waals surface area contributed by atoms with Gasteiger partial charge >= 0.3 is 0 Å². The number of rotatable bonds is 4. The molecule has 0 amide bonds. The first-order valence-electron chi connectivity index (χ1n) is 5.13. The van der Waals surface area contributed by atoms with Gasteiger partial charge in [-0.1, -0.05) is 0 Å². The molecule has 2 N–H and O–H groups in total. The Morgan fingerprint density at radius 3 is 2.71 bits per heavy atom. The van der Waals surface area contributed by atoms with Gasteiger partial charge in [0.2, 0.25) is 0 Å². The summed E-state index contributed by atoms with van der Waals surface area (Å²) in [6, 6.07) is 0.637. The van der Waals surface area contributed by atoms with Crippen LogP contribution in [0.1, 0.15) is 25.3 Å². The second-order valence-corrected chi connectivity index (χ2v) is 3.64. The van der Waals surface area contributed by atoms with Gasteiger partial charge in [-0.05, 0) is 26.7 Å². The number of nitrogens with one attached hydrogen (secondary N) is 2. The lowest BCUT2D eigenvalue weighted by molar-refractivity contribution is 1.04. The molecule has 4 heteroatoms. The van der Waals surface area contributed by atoms with Crippen LogP contribution in [0.2, 0.25) is 0 Å². The van der Waals surface area contributed by atoms with Crippen LogP contribution in [0.3, 0.4) is 0 Å². The van der Waals surface area contributed by atoms with Crippen LogP contribution in [0.15, 0.2) is 6.33 Å². The molecule has 0 unspecified atom stereocenters. The van der Waals surface area contributed by atoms with Gasteiger partial charge in [-0.25, -0.2) is 9.97 Å². The van der Waals surface area contributed by atoms with E-state index in [1.165, 1.54) is 12.8 Å². The van der Waals surface area contributed by atoms with Crippen molar-refractivity contribution in [1.29, 1.82) is 0 Å². The Hall–Kier alpha value is -1.32. The highest BCUT2D eigenvalue weighted by atomic mass is 15.1. The van der Waals surface area contributed by atoms with Crippen LogP contribution < -0.4 is 10.6 Å². The molecule has 0 atom stereocenters. The van der Waals surface area contributed by atoms with Crippen molar-refractivity contribution in [3.05, 3.63) is 11.9 Å². The third-order valence-electron chi connectivity index (χ3n) is 2.35. The van der Waals surface area contributed by atoms with Crippen molar-refractivity contribution in [3.8, 4) is 0 Å². The second-order valence-electron chi connectivity index (χ2n) is 3.64. The standard InChI is InChI=1S/C10H16N4/c1-3-11-9-7(2)10(13-6-12-9)14-8-4-5-8/h6,8H,3-5H2,1-2H3,(H2,11,12,13,14). The zero-order valence-electron chi connectivity index (χ0n) is 8.67. The molecule has 2 rings (SSSR count). The van der Waals surface area contributed by atoms with E-state index >= 15 is 0 Å². The van der Waals surface area contributed by atoms with Crippen LogP contribution in [0.5, 0.6) is 0 Å². The fourth-order valence-electron chi connectivity index (χ4n) is 1.36. The third-order valence-corrected chi connectivity index (χ3v) is 2.35. The van der Waals surface area contributed by atoms with E-state index in [0.29, 0.717) is 6.04 Å². The van der Waals surface area contributed by atoms with E-state index in [4.69, 9.17) is 0 Å². The summed E-state index contributed by atoms with van der Waals surface area (Å²) in [4.78, 5) is 8.43. The summed E-state index contributed by atoms with van der Waals surface area (Å²) < 4.78 is 0. The minimum atomic E-state index is 0.637. The lowest BCUT2D eigenvalue weighted by atomic mass is 10.3. The summed E-state index contributed by atoms with van der Waals surface area (Å²) in [5.41, 5.74) is 1.11. The summed E-state index contributed by atoms with van der Waals surface area (Å²) in [5, 5.41) is 6.61. The van der Waals surface area contributed by atoms with E-state index in [0.717, 1.165) is 23.7 Å². The fourth-order valence-corrected chi connectivity index (χ4v) is 1.36. The molecule has 0 aromatic carbocycles. The fraction of sp³-hybridized carbons (Fsp3) is 0.600. The van der Waals surface area contributed by atoms with Crippen molar-refractivity contribution in [2.24, 2.45) is 0 Å². The van der Waals surface area contributed by atoms with Crippen molar-refractivity contribution in [3.63, 3.8) is 0 Å². The lowest BCUT2D eigenvalue weighted by Crippen LogP contribution is -2.09. The Morgan fingerprint density at radius 2 is 2.07 bits per heavy atom. The number of hydrogen-bond donors (Lipinski definition) is 2. The molecule has 14 heavy (non-hydrogen) atoms. The van der Waals surface area contributed by atoms with Crippen molar-refractivity contribution >= 4 is 11.6 Å². The summed E-state index contributed by atoms with van der Waals surface area (Å²) >= 11 is 0. The topological polar surface area (TPSA) is 49.8 Å². The number of anilines is 2. The molecular weight excluding hydrogens is 176 g/mol. The minimum Gasteiger partial charge on any atom is -0.370 e. The second kappa shape index (κ2) is 3.82. The molecule has 1 aliphatic rings. The Bertz CT molecular complexity index is 320. The largest absolute Gasteiger partial charge is 0.370 e. The van der Waals surface area contributed by atoms with Crippen molar-refractivity contribution in [2.75, 3.05) is 17.2 Å². The quantitative estimate of drug-likeness (QED) is 0.763. The van der Waals surface area contributed by atoms with Gasteiger partial charge in [0.25, 0.3) is 0 Å². The highest BCUT2D eigenvalue weighted by Crippen LogP contribution is 2.26. The first-order chi connectivity index (χ1) is 6.81. The van der Waals surface area contributed by atoms with E-state index < -0.39 is 0 Å². The van der Waals surface area contributed by atoms with E-state index in [9.17, 15) is 0 Å². The van der Waals surface area contributed by atoms with E-state index in [2.05, 4.69) is 27.5 Å². The van der Waals surface area contributed by atoms with Crippen LogP contribution in [0, 0.1) is 6.92 Å². The SMILES string of the molecule is CCNc1ncnc(NC2CC2)c1C. The van der Waals surface area contributed by atoms with Crippen LogP contribution in [0.4, 0.5) is 11.6 Å². The van der Waals surface area contributed by atoms with Gasteiger partial charge in [0.15, 0.2) is 0 Å². The predicted octanol–water partition coefficient (Wildman–Crippen LogP) is 1.79. The van der Waals surface area contributed by atoms with E-state index in [1.807, 2.05) is 6.92 Å². The highest BCUT2D eigenvalue weighted by Gasteiger charge is 2.22. The zero-order chi connectivity index (χ0) is 9.97. The van der Waals surface area contributed by atoms with Crippen LogP contribution in [-0.4, -0.2) is 22.6 Å². The Balaban J connectivity index is 2.16. The molecule has 1 fully saturated rings. The first-order valence-corrected chi connectivity index (χ1v) is 5.13. The summed E-state index contributed by atoms with van der Waals surface area (Å²) in [6.45, 7) is 5.00. The molecule has 76 valence electrons. The third kappa shape index (κ3) is 1.95. The minimum absolute atomic E-state index is 0.637. The summed E-state index contributed by atoms with van der Waals surface area (Å²) in [6.07, 6.45) is 4.13. The van der Waals surface area contributed by atoms with Gasteiger partial charge in [0.05, 0.1) is 0 Å². The summed E-state index contributed by atoms with van der Waals surface area (Å²) in [7, 11) is 0. The number of nitrogens with zero attached hydrogens (tertiary/aromatic N) is 2. The van der Waals surface area contributed by atoms with Gasteiger partial charge in [-0.15, -0.1) is 0 Å². The average molecular weight is 192 g/mol. The molecule has 1 saturated carbocycles. The van der Waals surface area contributed by atoms with Gasteiger partial charge in [-0.3, -0.25) is 0 Å². The van der Waals surface area contributed by atoms with Gasteiger partial charge < -0.3 is 10.6 Å². The maximum atomic E-state index is 4.24. The van der Waals surface area contributed by atoms with Crippen molar-refractivity contribution < 1.29 is 0 Å². The molecule has 0 radical (unpaired) electrons. The van der Waals surface area contributed by atoms with E-state index in [-0.39, 0.29) is 0 Å². The van der Waals surface area contributed by atoms with E-state index in [1.54, 1.807) is 6.33 Å². The maximum absolute atomic E-state index is 4.24. The van der Waals surface area contributed by atoms with Crippen LogP contribution in [0.25, 0.3) is 0 Å². The Labute approximate surface area is 84.2 Å². The lowest BCUT2D eigenvalue weighted by Gasteiger charge is -2.10. The van der Waals surface area contributed by atoms with Crippen molar-refractivity contribution in [1.82, 2.24) is 9.97 Å². The van der Waals surface area contributed by atoms with Crippen LogP contribution >= 0.6 is 0 Å².